The van der Waals surface area contributed by atoms with Gasteiger partial charge in [0.1, 0.15) is 11.6 Å². The van der Waals surface area contributed by atoms with Crippen LogP contribution in [0.25, 0.3) is 11.3 Å². The van der Waals surface area contributed by atoms with Gasteiger partial charge in [-0.3, -0.25) is 0 Å². The zero-order chi connectivity index (χ0) is 22.2. The van der Waals surface area contributed by atoms with Crippen molar-refractivity contribution in [2.75, 3.05) is 31.6 Å². The van der Waals surface area contributed by atoms with Gasteiger partial charge in [-0.05, 0) is 55.1 Å². The molecule has 3 atom stereocenters. The summed E-state index contributed by atoms with van der Waals surface area (Å²) in [5.41, 5.74) is -0.192. The molecule has 1 saturated carbocycles. The zero-order valence-corrected chi connectivity index (χ0v) is 17.3. The van der Waals surface area contributed by atoms with Gasteiger partial charge in [0.15, 0.2) is 11.6 Å². The lowest BCUT2D eigenvalue weighted by atomic mass is 9.61. The number of halogens is 3. The Morgan fingerprint density at radius 2 is 1.84 bits per heavy atom. The average Bonchev–Trinajstić information content (AvgIpc) is 3.29. The first-order chi connectivity index (χ1) is 14.8. The lowest BCUT2D eigenvalue weighted by Gasteiger charge is -2.37. The van der Waals surface area contributed by atoms with E-state index in [0.29, 0.717) is 36.9 Å². The highest BCUT2D eigenvalue weighted by Crippen LogP contribution is 2.40. The summed E-state index contributed by atoms with van der Waals surface area (Å²) in [6.45, 7) is 4.41. The van der Waals surface area contributed by atoms with E-state index in [1.165, 1.54) is 6.07 Å². The third-order valence-corrected chi connectivity index (χ3v) is 6.16. The predicted molar refractivity (Wildman–Crippen MR) is 113 cm³/mol. The Morgan fingerprint density at radius 3 is 2.45 bits per heavy atom. The van der Waals surface area contributed by atoms with Gasteiger partial charge in [0, 0.05) is 44.0 Å². The fourth-order valence-corrected chi connectivity index (χ4v) is 4.62. The van der Waals surface area contributed by atoms with Crippen LogP contribution in [0.2, 0.25) is 0 Å². The van der Waals surface area contributed by atoms with Crippen molar-refractivity contribution in [3.63, 3.8) is 0 Å². The van der Waals surface area contributed by atoms with Gasteiger partial charge in [-0.1, -0.05) is 0 Å². The Hall–Kier alpha value is -2.06. The monoisotopic (exact) mass is 426 g/mol. The summed E-state index contributed by atoms with van der Waals surface area (Å²) < 4.78 is 46.2. The Balaban J connectivity index is 1.35. The molecule has 1 aromatic heterocycles. The molecule has 1 aliphatic carbocycles. The molecule has 4 rings (SSSR count). The van der Waals surface area contributed by atoms with Crippen molar-refractivity contribution in [3.05, 3.63) is 41.7 Å². The number of fused-ring (bicyclic) bond motifs is 1. The molecule has 2 heterocycles. The number of rotatable bonds is 7. The number of hydrogen-bond acceptors (Lipinski definition) is 5. The van der Waals surface area contributed by atoms with E-state index in [1.54, 1.807) is 6.07 Å². The van der Waals surface area contributed by atoms with Gasteiger partial charge in [0.05, 0.1) is 21.4 Å². The molecule has 31 heavy (non-hydrogen) atoms. The SMILES string of the molecule is [B]C([B])(COCC)N1C[C@H]2CC(Nc3ccc(-c4cc(F)cc(F)c4F)nn3)C[C@H]2C1. The molecule has 0 spiro atoms. The number of nitrogens with one attached hydrogen (secondary N) is 1. The van der Waals surface area contributed by atoms with Gasteiger partial charge in [-0.25, -0.2) is 13.2 Å². The molecule has 2 aromatic rings. The van der Waals surface area contributed by atoms with E-state index in [2.05, 4.69) is 20.4 Å². The molecule has 2 fully saturated rings. The van der Waals surface area contributed by atoms with Crippen molar-refractivity contribution in [1.29, 1.82) is 0 Å². The number of ether oxygens (including phenoxy) is 1. The second-order valence-electron chi connectivity index (χ2n) is 8.42. The fraction of sp³-hybridized carbons (Fsp3) is 0.524. The maximum absolute atomic E-state index is 14.0. The minimum absolute atomic E-state index is 0.0666. The van der Waals surface area contributed by atoms with E-state index in [0.717, 1.165) is 32.0 Å². The summed E-state index contributed by atoms with van der Waals surface area (Å²) in [5, 5.41) is 10.4. The summed E-state index contributed by atoms with van der Waals surface area (Å²) in [6, 6.07) is 4.75. The number of anilines is 1. The molecule has 2 aliphatic rings. The number of hydrogen-bond donors (Lipinski definition) is 1. The van der Waals surface area contributed by atoms with Gasteiger partial charge in [0.25, 0.3) is 0 Å². The van der Waals surface area contributed by atoms with Crippen LogP contribution in [0.1, 0.15) is 19.8 Å². The third kappa shape index (κ3) is 4.75. The Morgan fingerprint density at radius 1 is 1.13 bits per heavy atom. The van der Waals surface area contributed by atoms with Crippen LogP contribution < -0.4 is 5.32 Å². The number of likely N-dealkylation sites (tertiary alicyclic amines) is 1. The standard InChI is InChI=1S/C21H23B2F3N4O/c1-2-31-11-21(22,23)30-9-12-5-15(6-13(12)10-30)27-19-4-3-18(28-29-19)16-7-14(24)8-17(25)20(16)26/h3-4,7-8,12-13,15H,2,5-6,9-11H2,1H3,(H,27,29)/t12-,13+,15?. The van der Waals surface area contributed by atoms with Crippen LogP contribution in [0.5, 0.6) is 0 Å². The average molecular weight is 426 g/mol. The van der Waals surface area contributed by atoms with Crippen LogP contribution in [0.4, 0.5) is 19.0 Å². The van der Waals surface area contributed by atoms with Crippen LogP contribution in [-0.2, 0) is 4.74 Å². The van der Waals surface area contributed by atoms with E-state index in [1.807, 2.05) is 6.92 Å². The summed E-state index contributed by atoms with van der Waals surface area (Å²) in [6.07, 6.45) is 1.89. The molecule has 5 nitrogen and oxygen atoms in total. The summed E-state index contributed by atoms with van der Waals surface area (Å²) in [4.78, 5) is 2.09. The summed E-state index contributed by atoms with van der Waals surface area (Å²) >= 11 is 0. The smallest absolute Gasteiger partial charge is 0.168 e. The topological polar surface area (TPSA) is 50.3 Å². The van der Waals surface area contributed by atoms with Crippen molar-refractivity contribution < 1.29 is 17.9 Å². The molecular formula is C21H23B2F3N4O. The molecule has 1 aromatic carbocycles. The van der Waals surface area contributed by atoms with Crippen molar-refractivity contribution >= 4 is 21.5 Å². The lowest BCUT2D eigenvalue weighted by Crippen LogP contribution is -2.53. The highest BCUT2D eigenvalue weighted by Gasteiger charge is 2.44. The highest BCUT2D eigenvalue weighted by molar-refractivity contribution is 6.40. The van der Waals surface area contributed by atoms with Crippen LogP contribution in [-0.4, -0.2) is 68.5 Å². The maximum atomic E-state index is 14.0. The van der Waals surface area contributed by atoms with Crippen molar-refractivity contribution in [1.82, 2.24) is 15.1 Å². The van der Waals surface area contributed by atoms with Gasteiger partial charge in [-0.15, -0.1) is 10.2 Å². The normalized spacial score (nSPS) is 23.8. The van der Waals surface area contributed by atoms with Gasteiger partial charge >= 0.3 is 0 Å². The zero-order valence-electron chi connectivity index (χ0n) is 17.3. The molecule has 1 N–H and O–H groups in total. The van der Waals surface area contributed by atoms with Crippen LogP contribution in [0, 0.1) is 29.3 Å². The Kier molecular flexibility index (Phi) is 6.30. The quantitative estimate of drug-likeness (QED) is 0.546. The van der Waals surface area contributed by atoms with Crippen LogP contribution in [0.15, 0.2) is 24.3 Å². The molecular weight excluding hydrogens is 403 g/mol. The number of aromatic nitrogens is 2. The largest absolute Gasteiger partial charge is 0.381 e. The van der Waals surface area contributed by atoms with Gasteiger partial charge in [-0.2, -0.15) is 0 Å². The third-order valence-electron chi connectivity index (χ3n) is 6.16. The molecule has 10 heteroatoms. The van der Waals surface area contributed by atoms with Crippen LogP contribution in [0.3, 0.4) is 0 Å². The first-order valence-electron chi connectivity index (χ1n) is 10.4. The van der Waals surface area contributed by atoms with E-state index < -0.39 is 22.8 Å². The van der Waals surface area contributed by atoms with E-state index in [9.17, 15) is 13.2 Å². The second kappa shape index (κ2) is 8.82. The van der Waals surface area contributed by atoms with E-state index in [4.69, 9.17) is 20.4 Å². The van der Waals surface area contributed by atoms with E-state index in [-0.39, 0.29) is 17.3 Å². The molecule has 1 saturated heterocycles. The van der Waals surface area contributed by atoms with Gasteiger partial charge < -0.3 is 15.0 Å². The van der Waals surface area contributed by atoms with Crippen molar-refractivity contribution in [2.24, 2.45) is 11.8 Å². The number of benzene rings is 1. The first kappa shape index (κ1) is 22.1. The van der Waals surface area contributed by atoms with Crippen molar-refractivity contribution in [3.8, 4) is 11.3 Å². The highest BCUT2D eigenvalue weighted by atomic mass is 19.2. The molecule has 160 valence electrons. The predicted octanol–water partition coefficient (Wildman–Crippen LogP) is 2.71. The molecule has 1 aliphatic heterocycles. The molecule has 4 radical (unpaired) electrons. The van der Waals surface area contributed by atoms with Gasteiger partial charge in [0.2, 0.25) is 0 Å². The minimum atomic E-state index is -1.26. The lowest BCUT2D eigenvalue weighted by molar-refractivity contribution is 0.0872. The molecule has 1 unspecified atom stereocenters. The maximum Gasteiger partial charge on any atom is 0.168 e. The summed E-state index contributed by atoms with van der Waals surface area (Å²) in [5.74, 6) is -1.80. The number of nitrogens with zero attached hydrogens (tertiary/aromatic N) is 3. The van der Waals surface area contributed by atoms with E-state index >= 15 is 0 Å². The Bertz CT molecular complexity index is 918. The molecule has 0 amide bonds. The minimum Gasteiger partial charge on any atom is -0.381 e. The first-order valence-corrected chi connectivity index (χ1v) is 10.4. The van der Waals surface area contributed by atoms with Crippen molar-refractivity contribution in [2.45, 2.75) is 31.1 Å². The van der Waals surface area contributed by atoms with Crippen LogP contribution >= 0.6 is 0 Å². The Labute approximate surface area is 182 Å². The summed E-state index contributed by atoms with van der Waals surface area (Å²) in [7, 11) is 12.5. The fourth-order valence-electron chi connectivity index (χ4n) is 4.62. The molecule has 0 bridgehead atoms. The second-order valence-corrected chi connectivity index (χ2v) is 8.42.